The molecule has 0 N–H and O–H groups in total. The van der Waals surface area contributed by atoms with Crippen molar-refractivity contribution in [3.05, 3.63) is 222 Å². The van der Waals surface area contributed by atoms with Gasteiger partial charge in [0.15, 0.2) is 0 Å². The van der Waals surface area contributed by atoms with Crippen molar-refractivity contribution in [1.29, 1.82) is 0 Å². The third-order valence-electron chi connectivity index (χ3n) is 13.9. The third-order valence-corrected chi connectivity index (χ3v) is 13.9. The first-order chi connectivity index (χ1) is 30.3. The standard InChI is InChI=1S/C60H45NO/c1-59(2)52-21-10-8-16-47(52)50-36-55-51(37-54(50)59)57-45(18-13-22-53(57)60(55,3)4)40-26-24-38(25-27-40)39-28-32-43(33-29-39)61(42-14-6-5-7-15-42)44-34-30-41(31-35-44)46-19-12-20-49-48-17-9-11-23-56(48)62-58(46)49/h5-37H,1-4H3. The van der Waals surface area contributed by atoms with E-state index in [-0.39, 0.29) is 10.8 Å². The molecule has 0 amide bonds. The molecule has 0 unspecified atom stereocenters. The van der Waals surface area contributed by atoms with Crippen molar-refractivity contribution >= 4 is 39.0 Å². The Kier molecular flexibility index (Phi) is 7.96. The maximum Gasteiger partial charge on any atom is 0.143 e. The van der Waals surface area contributed by atoms with Crippen LogP contribution in [0.15, 0.2) is 205 Å². The molecule has 2 nitrogen and oxygen atoms in total. The van der Waals surface area contributed by atoms with Crippen molar-refractivity contribution in [2.75, 3.05) is 4.90 Å². The van der Waals surface area contributed by atoms with E-state index in [4.69, 9.17) is 4.42 Å². The lowest BCUT2D eigenvalue weighted by atomic mass is 9.79. The normalized spacial score (nSPS) is 14.1. The topological polar surface area (TPSA) is 16.4 Å². The van der Waals surface area contributed by atoms with Crippen molar-refractivity contribution in [3.8, 4) is 55.6 Å². The first kappa shape index (κ1) is 36.4. The van der Waals surface area contributed by atoms with Crippen LogP contribution in [0, 0.1) is 0 Å². The van der Waals surface area contributed by atoms with Gasteiger partial charge in [-0.3, -0.25) is 0 Å². The van der Waals surface area contributed by atoms with Gasteiger partial charge in [0, 0.05) is 44.2 Å². The van der Waals surface area contributed by atoms with E-state index in [1.165, 1.54) is 66.8 Å². The van der Waals surface area contributed by atoms with Crippen LogP contribution in [-0.2, 0) is 10.8 Å². The van der Waals surface area contributed by atoms with Crippen LogP contribution in [0.2, 0.25) is 0 Å². The van der Waals surface area contributed by atoms with Gasteiger partial charge in [-0.2, -0.15) is 0 Å². The molecule has 10 aromatic rings. The lowest BCUT2D eigenvalue weighted by Gasteiger charge is -2.26. The predicted octanol–water partition coefficient (Wildman–Crippen LogP) is 16.7. The highest BCUT2D eigenvalue weighted by Crippen LogP contribution is 2.57. The first-order valence-electron chi connectivity index (χ1n) is 21.8. The zero-order valence-electron chi connectivity index (χ0n) is 35.4. The maximum absolute atomic E-state index is 6.39. The molecule has 0 atom stereocenters. The van der Waals surface area contributed by atoms with Crippen LogP contribution in [0.1, 0.15) is 49.9 Å². The zero-order chi connectivity index (χ0) is 41.7. The quantitative estimate of drug-likeness (QED) is 0.167. The van der Waals surface area contributed by atoms with Gasteiger partial charge in [0.1, 0.15) is 11.2 Å². The number of anilines is 3. The molecule has 0 saturated heterocycles. The molecule has 0 spiro atoms. The number of hydrogen-bond donors (Lipinski definition) is 0. The maximum atomic E-state index is 6.39. The number of para-hydroxylation sites is 3. The minimum absolute atomic E-state index is 0.0464. The van der Waals surface area contributed by atoms with Crippen molar-refractivity contribution in [1.82, 2.24) is 0 Å². The molecule has 296 valence electrons. The number of rotatable bonds is 6. The first-order valence-corrected chi connectivity index (χ1v) is 21.8. The fraction of sp³-hybridized carbons (Fsp3) is 0.100. The van der Waals surface area contributed by atoms with E-state index in [0.29, 0.717) is 0 Å². The van der Waals surface area contributed by atoms with Gasteiger partial charge in [-0.1, -0.05) is 173 Å². The van der Waals surface area contributed by atoms with E-state index in [1.54, 1.807) is 0 Å². The van der Waals surface area contributed by atoms with E-state index in [9.17, 15) is 0 Å². The van der Waals surface area contributed by atoms with Crippen LogP contribution < -0.4 is 4.90 Å². The lowest BCUT2D eigenvalue weighted by molar-refractivity contribution is 0.652. The largest absolute Gasteiger partial charge is 0.455 e. The lowest BCUT2D eigenvalue weighted by Crippen LogP contribution is -2.16. The fourth-order valence-corrected chi connectivity index (χ4v) is 10.7. The second-order valence-electron chi connectivity index (χ2n) is 18.1. The average molecular weight is 796 g/mol. The third kappa shape index (κ3) is 5.43. The summed E-state index contributed by atoms with van der Waals surface area (Å²) in [6.45, 7) is 9.55. The van der Waals surface area contributed by atoms with Gasteiger partial charge in [-0.25, -0.2) is 0 Å². The number of fused-ring (bicyclic) bond motifs is 9. The fourth-order valence-electron chi connectivity index (χ4n) is 10.7. The van der Waals surface area contributed by atoms with Gasteiger partial charge >= 0.3 is 0 Å². The molecule has 0 bridgehead atoms. The van der Waals surface area contributed by atoms with Gasteiger partial charge in [0.25, 0.3) is 0 Å². The number of hydrogen-bond acceptors (Lipinski definition) is 2. The molecule has 0 saturated carbocycles. The number of nitrogens with zero attached hydrogens (tertiary/aromatic N) is 1. The van der Waals surface area contributed by atoms with E-state index in [0.717, 1.165) is 50.1 Å². The molecule has 0 fully saturated rings. The number of furan rings is 1. The summed E-state index contributed by atoms with van der Waals surface area (Å²) in [6, 6.07) is 73.2. The van der Waals surface area contributed by atoms with Gasteiger partial charge in [-0.05, 0) is 127 Å². The van der Waals surface area contributed by atoms with Crippen molar-refractivity contribution in [2.45, 2.75) is 38.5 Å². The molecular weight excluding hydrogens is 751 g/mol. The van der Waals surface area contributed by atoms with E-state index >= 15 is 0 Å². The van der Waals surface area contributed by atoms with Crippen LogP contribution in [-0.4, -0.2) is 0 Å². The Bertz CT molecular complexity index is 3370. The van der Waals surface area contributed by atoms with Crippen LogP contribution in [0.5, 0.6) is 0 Å². The Labute approximate surface area is 363 Å². The van der Waals surface area contributed by atoms with Gasteiger partial charge in [0.2, 0.25) is 0 Å². The highest BCUT2D eigenvalue weighted by molar-refractivity contribution is 6.09. The monoisotopic (exact) mass is 795 g/mol. The molecule has 0 radical (unpaired) electrons. The molecule has 1 heterocycles. The number of benzene rings is 9. The molecule has 1 aromatic heterocycles. The van der Waals surface area contributed by atoms with Crippen LogP contribution in [0.3, 0.4) is 0 Å². The van der Waals surface area contributed by atoms with E-state index in [1.807, 2.05) is 12.1 Å². The summed E-state index contributed by atoms with van der Waals surface area (Å²) in [5.41, 5.74) is 23.3. The Morgan fingerprint density at radius 3 is 1.58 bits per heavy atom. The molecule has 2 heteroatoms. The smallest absolute Gasteiger partial charge is 0.143 e. The summed E-state index contributed by atoms with van der Waals surface area (Å²) >= 11 is 0. The zero-order valence-corrected chi connectivity index (χ0v) is 35.4. The molecular formula is C60H45NO. The summed E-state index contributed by atoms with van der Waals surface area (Å²) in [6.07, 6.45) is 0. The minimum atomic E-state index is -0.0984. The Balaban J connectivity index is 0.862. The molecule has 62 heavy (non-hydrogen) atoms. The SMILES string of the molecule is CC1(C)c2ccccc2-c2cc3c(cc21)-c1c(-c2ccc(-c4ccc(N(c5ccccc5)c5ccc(-c6cccc7c6oc6ccccc67)cc5)cc4)cc2)cccc1C3(C)C. The second kappa shape index (κ2) is 13.5. The summed E-state index contributed by atoms with van der Waals surface area (Å²) in [4.78, 5) is 2.32. The Hall–Kier alpha value is -7.42. The molecule has 2 aliphatic carbocycles. The Morgan fingerprint density at radius 1 is 0.339 bits per heavy atom. The van der Waals surface area contributed by atoms with Gasteiger partial charge < -0.3 is 9.32 Å². The van der Waals surface area contributed by atoms with Gasteiger partial charge in [0.05, 0.1) is 0 Å². The molecule has 9 aromatic carbocycles. The van der Waals surface area contributed by atoms with Crippen molar-refractivity contribution < 1.29 is 4.42 Å². The minimum Gasteiger partial charge on any atom is -0.455 e. The summed E-state index contributed by atoms with van der Waals surface area (Å²) in [7, 11) is 0. The van der Waals surface area contributed by atoms with Crippen LogP contribution in [0.4, 0.5) is 17.1 Å². The highest BCUT2D eigenvalue weighted by atomic mass is 16.3. The molecule has 2 aliphatic rings. The van der Waals surface area contributed by atoms with Crippen LogP contribution in [0.25, 0.3) is 77.6 Å². The molecule has 0 aliphatic heterocycles. The van der Waals surface area contributed by atoms with Crippen molar-refractivity contribution in [2.24, 2.45) is 0 Å². The summed E-state index contributed by atoms with van der Waals surface area (Å²) < 4.78 is 6.39. The summed E-state index contributed by atoms with van der Waals surface area (Å²) in [5.74, 6) is 0. The van der Waals surface area contributed by atoms with Gasteiger partial charge in [-0.15, -0.1) is 0 Å². The second-order valence-corrected chi connectivity index (χ2v) is 18.1. The van der Waals surface area contributed by atoms with E-state index < -0.39 is 0 Å². The highest BCUT2D eigenvalue weighted by Gasteiger charge is 2.42. The predicted molar refractivity (Wildman–Crippen MR) is 260 cm³/mol. The summed E-state index contributed by atoms with van der Waals surface area (Å²) in [5, 5.41) is 2.28. The average Bonchev–Trinajstić information content (AvgIpc) is 3.89. The van der Waals surface area contributed by atoms with Crippen LogP contribution >= 0.6 is 0 Å². The van der Waals surface area contributed by atoms with E-state index in [2.05, 4.69) is 221 Å². The molecule has 12 rings (SSSR count). The van der Waals surface area contributed by atoms with Crippen molar-refractivity contribution in [3.63, 3.8) is 0 Å². The Morgan fingerprint density at radius 2 is 0.823 bits per heavy atom.